The molecule has 0 saturated heterocycles. The minimum absolute atomic E-state index is 0.0352. The van der Waals surface area contributed by atoms with Gasteiger partial charge in [-0.25, -0.2) is 0 Å². The van der Waals surface area contributed by atoms with Gasteiger partial charge in [0.05, 0.1) is 0 Å². The van der Waals surface area contributed by atoms with E-state index in [1.54, 1.807) is 16.2 Å². The Morgan fingerprint density at radius 2 is 2.04 bits per heavy atom. The number of hydrogen-bond donors (Lipinski definition) is 0. The first-order chi connectivity index (χ1) is 10.9. The zero-order chi connectivity index (χ0) is 17.0. The summed E-state index contributed by atoms with van der Waals surface area (Å²) in [5.41, 5.74) is 0.873. The van der Waals surface area contributed by atoms with Gasteiger partial charge in [-0.3, -0.25) is 9.00 Å². The minimum Gasteiger partial charge on any atom is -0.338 e. The quantitative estimate of drug-likeness (QED) is 0.763. The van der Waals surface area contributed by atoms with Gasteiger partial charge in [-0.1, -0.05) is 5.16 Å². The third-order valence-corrected chi connectivity index (χ3v) is 5.04. The molecule has 0 aliphatic carbocycles. The highest BCUT2D eigenvalue weighted by Gasteiger charge is 2.23. The molecule has 2 aromatic rings. The number of carbonyl (C=O) groups is 1. The van der Waals surface area contributed by atoms with Gasteiger partial charge < -0.3 is 9.42 Å². The maximum atomic E-state index is 12.3. The van der Waals surface area contributed by atoms with E-state index in [1.807, 2.05) is 44.5 Å². The van der Waals surface area contributed by atoms with Crippen molar-refractivity contribution in [3.8, 4) is 11.4 Å². The SMILES string of the molecule is CC(C)N(C(=O)CS(=O)Cc1nc(-c2ccsc2)no1)C(C)C. The summed E-state index contributed by atoms with van der Waals surface area (Å²) in [6, 6.07) is 2.05. The van der Waals surface area contributed by atoms with Gasteiger partial charge in [-0.2, -0.15) is 16.3 Å². The van der Waals surface area contributed by atoms with Crippen molar-refractivity contribution in [2.24, 2.45) is 0 Å². The average Bonchev–Trinajstić information content (AvgIpc) is 3.07. The fourth-order valence-corrected chi connectivity index (χ4v) is 3.95. The Hall–Kier alpha value is -1.54. The number of aromatic nitrogens is 2. The predicted octanol–water partition coefficient (Wildman–Crippen LogP) is 2.69. The largest absolute Gasteiger partial charge is 0.338 e. The Bertz CT molecular complexity index is 657. The molecule has 6 nitrogen and oxygen atoms in total. The molecule has 126 valence electrons. The highest BCUT2D eigenvalue weighted by atomic mass is 32.2. The van der Waals surface area contributed by atoms with E-state index >= 15 is 0 Å². The maximum absolute atomic E-state index is 12.3. The highest BCUT2D eigenvalue weighted by Crippen LogP contribution is 2.19. The van der Waals surface area contributed by atoms with Crippen LogP contribution in [0.3, 0.4) is 0 Å². The van der Waals surface area contributed by atoms with E-state index in [4.69, 9.17) is 4.52 Å². The summed E-state index contributed by atoms with van der Waals surface area (Å²) in [5, 5.41) is 7.71. The van der Waals surface area contributed by atoms with Gasteiger partial charge >= 0.3 is 0 Å². The third-order valence-electron chi connectivity index (χ3n) is 3.22. The van der Waals surface area contributed by atoms with Crippen LogP contribution in [-0.2, 0) is 21.3 Å². The Kier molecular flexibility index (Phi) is 6.06. The van der Waals surface area contributed by atoms with Gasteiger partial charge in [0.1, 0.15) is 11.5 Å². The molecule has 0 aliphatic heterocycles. The third kappa shape index (κ3) is 4.71. The van der Waals surface area contributed by atoms with Crippen molar-refractivity contribution < 1.29 is 13.5 Å². The van der Waals surface area contributed by atoms with Crippen LogP contribution < -0.4 is 0 Å². The lowest BCUT2D eigenvalue weighted by molar-refractivity contribution is -0.131. The second-order valence-electron chi connectivity index (χ2n) is 5.74. The Balaban J connectivity index is 1.96. The maximum Gasteiger partial charge on any atom is 0.239 e. The van der Waals surface area contributed by atoms with Crippen LogP contribution >= 0.6 is 11.3 Å². The number of nitrogens with zero attached hydrogens (tertiary/aromatic N) is 3. The van der Waals surface area contributed by atoms with Gasteiger partial charge in [0, 0.05) is 33.8 Å². The molecular formula is C15H21N3O3S2. The second-order valence-corrected chi connectivity index (χ2v) is 7.98. The van der Waals surface area contributed by atoms with Crippen molar-refractivity contribution in [1.82, 2.24) is 15.0 Å². The van der Waals surface area contributed by atoms with Gasteiger partial charge in [0.25, 0.3) is 0 Å². The zero-order valence-corrected chi connectivity index (χ0v) is 15.3. The molecule has 23 heavy (non-hydrogen) atoms. The first-order valence-corrected chi connectivity index (χ1v) is 9.83. The molecule has 0 N–H and O–H groups in total. The Morgan fingerprint density at radius 3 is 2.61 bits per heavy atom. The van der Waals surface area contributed by atoms with Crippen LogP contribution in [-0.4, -0.2) is 43.0 Å². The molecule has 0 radical (unpaired) electrons. The minimum atomic E-state index is -1.37. The van der Waals surface area contributed by atoms with E-state index in [1.165, 1.54) is 0 Å². The van der Waals surface area contributed by atoms with Crippen molar-refractivity contribution >= 4 is 28.0 Å². The van der Waals surface area contributed by atoms with Gasteiger partial charge in [-0.05, 0) is 39.1 Å². The molecule has 1 amide bonds. The Morgan fingerprint density at radius 1 is 1.35 bits per heavy atom. The summed E-state index contributed by atoms with van der Waals surface area (Å²) in [7, 11) is -1.37. The summed E-state index contributed by atoms with van der Waals surface area (Å²) >= 11 is 1.54. The summed E-state index contributed by atoms with van der Waals surface area (Å²) in [6.45, 7) is 7.80. The molecule has 0 aliphatic rings. The van der Waals surface area contributed by atoms with Crippen LogP contribution in [0.25, 0.3) is 11.4 Å². The standard InChI is InChI=1S/C15H21N3O3S2/c1-10(2)18(11(3)4)14(19)9-23(20)8-13-16-15(17-21-13)12-5-6-22-7-12/h5-7,10-11H,8-9H2,1-4H3. The lowest BCUT2D eigenvalue weighted by Crippen LogP contribution is -2.44. The van der Waals surface area contributed by atoms with E-state index < -0.39 is 10.8 Å². The molecule has 2 heterocycles. The first kappa shape index (κ1) is 17.8. The van der Waals surface area contributed by atoms with Crippen molar-refractivity contribution in [3.63, 3.8) is 0 Å². The Labute approximate surface area is 142 Å². The topological polar surface area (TPSA) is 76.3 Å². The van der Waals surface area contributed by atoms with Crippen molar-refractivity contribution in [1.29, 1.82) is 0 Å². The summed E-state index contributed by atoms with van der Waals surface area (Å²) in [6.07, 6.45) is 0. The summed E-state index contributed by atoms with van der Waals surface area (Å²) in [5.74, 6) is 0.707. The molecule has 0 spiro atoms. The van der Waals surface area contributed by atoms with Crippen LogP contribution in [0.2, 0.25) is 0 Å². The molecule has 2 rings (SSSR count). The fraction of sp³-hybridized carbons (Fsp3) is 0.533. The molecule has 1 atom stereocenters. The molecule has 0 aromatic carbocycles. The first-order valence-electron chi connectivity index (χ1n) is 7.39. The van der Waals surface area contributed by atoms with E-state index in [-0.39, 0.29) is 35.4 Å². The summed E-state index contributed by atoms with van der Waals surface area (Å²) < 4.78 is 17.3. The van der Waals surface area contributed by atoms with E-state index in [2.05, 4.69) is 10.1 Å². The van der Waals surface area contributed by atoms with Crippen LogP contribution in [0, 0.1) is 0 Å². The van der Waals surface area contributed by atoms with Gasteiger partial charge in [-0.15, -0.1) is 0 Å². The number of rotatable bonds is 7. The molecular weight excluding hydrogens is 334 g/mol. The number of amides is 1. The number of carbonyl (C=O) groups excluding carboxylic acids is 1. The molecule has 2 aromatic heterocycles. The predicted molar refractivity (Wildman–Crippen MR) is 91.4 cm³/mol. The molecule has 0 fully saturated rings. The molecule has 0 bridgehead atoms. The molecule has 1 unspecified atom stereocenters. The van der Waals surface area contributed by atoms with Crippen LogP contribution in [0.4, 0.5) is 0 Å². The van der Waals surface area contributed by atoms with Gasteiger partial charge in [0.2, 0.25) is 17.6 Å². The lowest BCUT2D eigenvalue weighted by atomic mass is 10.2. The van der Waals surface area contributed by atoms with E-state index in [0.29, 0.717) is 5.82 Å². The van der Waals surface area contributed by atoms with Crippen LogP contribution in [0.5, 0.6) is 0 Å². The fourth-order valence-electron chi connectivity index (χ4n) is 2.40. The van der Waals surface area contributed by atoms with E-state index in [0.717, 1.165) is 5.56 Å². The second kappa shape index (κ2) is 7.83. The summed E-state index contributed by atoms with van der Waals surface area (Å²) in [4.78, 5) is 18.3. The average molecular weight is 355 g/mol. The monoisotopic (exact) mass is 355 g/mol. The van der Waals surface area contributed by atoms with Crippen molar-refractivity contribution in [2.75, 3.05) is 5.75 Å². The zero-order valence-electron chi connectivity index (χ0n) is 13.7. The van der Waals surface area contributed by atoms with E-state index in [9.17, 15) is 9.00 Å². The molecule has 0 saturated carbocycles. The van der Waals surface area contributed by atoms with Gasteiger partial charge in [0.15, 0.2) is 0 Å². The highest BCUT2D eigenvalue weighted by molar-refractivity contribution is 7.84. The number of thiophene rings is 1. The van der Waals surface area contributed by atoms with Crippen molar-refractivity contribution in [3.05, 3.63) is 22.7 Å². The molecule has 8 heteroatoms. The smallest absolute Gasteiger partial charge is 0.239 e. The van der Waals surface area contributed by atoms with Crippen LogP contribution in [0.1, 0.15) is 33.6 Å². The number of hydrogen-bond acceptors (Lipinski definition) is 6. The van der Waals surface area contributed by atoms with Crippen molar-refractivity contribution in [2.45, 2.75) is 45.5 Å². The van der Waals surface area contributed by atoms with Crippen LogP contribution in [0.15, 0.2) is 21.3 Å². The normalized spacial score (nSPS) is 12.8. The lowest BCUT2D eigenvalue weighted by Gasteiger charge is -2.30.